The first-order valence-electron chi connectivity index (χ1n) is 19.3. The van der Waals surface area contributed by atoms with Crippen molar-refractivity contribution in [3.63, 3.8) is 0 Å². The van der Waals surface area contributed by atoms with Crippen LogP contribution in [-0.2, 0) is 9.47 Å². The molecule has 0 aliphatic carbocycles. The molecule has 0 aromatic rings. The van der Waals surface area contributed by atoms with Crippen LogP contribution in [0.4, 0.5) is 0 Å². The Hall–Kier alpha value is -0.320. The first-order chi connectivity index (χ1) is 21.7. The zero-order chi connectivity index (χ0) is 33.6. The van der Waals surface area contributed by atoms with Crippen LogP contribution in [0.15, 0.2) is 0 Å². The minimum Gasteiger partial charge on any atom is -0.377 e. The molecular weight excluding hydrogens is 560 g/mol. The Bertz CT molecular complexity index is 649. The summed E-state index contributed by atoms with van der Waals surface area (Å²) in [7, 11) is 2.23. The van der Waals surface area contributed by atoms with Crippen LogP contribution < -0.4 is 0 Å². The summed E-state index contributed by atoms with van der Waals surface area (Å²) in [4.78, 5) is 15.6. The molecule has 0 aromatic carbocycles. The van der Waals surface area contributed by atoms with Gasteiger partial charge >= 0.3 is 0 Å². The molecule has 4 saturated heterocycles. The molecule has 8 nitrogen and oxygen atoms in total. The zero-order valence-corrected chi connectivity index (χ0v) is 32.2. The lowest BCUT2D eigenvalue weighted by atomic mass is 9.96. The Labute approximate surface area is 282 Å². The Balaban J connectivity index is 0.000000406. The summed E-state index contributed by atoms with van der Waals surface area (Å²) < 4.78 is 11.3. The standard InChI is InChI=1S/C17H35N3O.C16H33N3O.2C2H6/c1-15(2)19-7-5-17(6-8-19)20-11-9-18(10-12-20)13-14-21-16(3)4;1-15(2)20-13-12-18-6-4-16(5-7-18)14-19-10-8-17(3)9-11-19;2*1-2/h15-17H,5-14H2,1-4H3;15-16H,4-14H2,1-3H3;2*1-2H3. The highest BCUT2D eigenvalue weighted by molar-refractivity contribution is 4.84. The number of piperidine rings is 2. The van der Waals surface area contributed by atoms with Crippen LogP contribution in [-0.4, -0.2) is 172 Å². The summed E-state index contributed by atoms with van der Waals surface area (Å²) in [5.41, 5.74) is 0. The summed E-state index contributed by atoms with van der Waals surface area (Å²) in [5.74, 6) is 0.917. The van der Waals surface area contributed by atoms with Gasteiger partial charge in [-0.25, -0.2) is 0 Å². The van der Waals surface area contributed by atoms with Crippen LogP contribution >= 0.6 is 0 Å². The molecule has 0 radical (unpaired) electrons. The number of hydrogen-bond acceptors (Lipinski definition) is 8. The van der Waals surface area contributed by atoms with E-state index in [0.29, 0.717) is 18.2 Å². The predicted octanol–water partition coefficient (Wildman–Crippen LogP) is 5.33. The normalized spacial score (nSPS) is 22.5. The molecule has 0 amide bonds. The van der Waals surface area contributed by atoms with Crippen molar-refractivity contribution in [3.8, 4) is 0 Å². The molecule has 0 saturated carbocycles. The summed E-state index contributed by atoms with van der Waals surface area (Å²) in [5, 5.41) is 0. The van der Waals surface area contributed by atoms with Crippen LogP contribution in [0.5, 0.6) is 0 Å². The third-order valence-corrected chi connectivity index (χ3v) is 9.69. The van der Waals surface area contributed by atoms with Crippen LogP contribution in [0.2, 0.25) is 0 Å². The van der Waals surface area contributed by atoms with E-state index in [1.807, 2.05) is 27.7 Å². The van der Waals surface area contributed by atoms with Gasteiger partial charge in [-0.3, -0.25) is 9.80 Å². The molecule has 0 spiro atoms. The fourth-order valence-electron chi connectivity index (χ4n) is 6.74. The van der Waals surface area contributed by atoms with Gasteiger partial charge in [-0.2, -0.15) is 0 Å². The first-order valence-corrected chi connectivity index (χ1v) is 19.3. The Morgan fingerprint density at radius 2 is 0.978 bits per heavy atom. The van der Waals surface area contributed by atoms with E-state index in [2.05, 4.69) is 78.0 Å². The summed E-state index contributed by atoms with van der Waals surface area (Å²) >= 11 is 0. The number of likely N-dealkylation sites (tertiary alicyclic amines) is 2. The minimum absolute atomic E-state index is 0.359. The first kappa shape index (κ1) is 42.7. The van der Waals surface area contributed by atoms with E-state index in [9.17, 15) is 0 Å². The van der Waals surface area contributed by atoms with Gasteiger partial charge in [0.05, 0.1) is 25.4 Å². The number of rotatable bonds is 12. The number of piperazine rings is 2. The molecule has 4 fully saturated rings. The maximum absolute atomic E-state index is 5.66. The number of hydrogen-bond donors (Lipinski definition) is 0. The average molecular weight is 641 g/mol. The van der Waals surface area contributed by atoms with Gasteiger partial charge < -0.3 is 29.1 Å². The number of likely N-dealkylation sites (N-methyl/N-ethyl adjacent to an activating group) is 1. The second-order valence-electron chi connectivity index (χ2n) is 14.0. The smallest absolute Gasteiger partial charge is 0.0596 e. The third kappa shape index (κ3) is 18.7. The minimum atomic E-state index is 0.359. The highest BCUT2D eigenvalue weighted by Crippen LogP contribution is 2.20. The second kappa shape index (κ2) is 25.7. The van der Waals surface area contributed by atoms with Crippen molar-refractivity contribution in [2.24, 2.45) is 5.92 Å². The molecule has 8 heteroatoms. The van der Waals surface area contributed by atoms with Gasteiger partial charge in [0, 0.05) is 84.1 Å². The molecule has 4 aliphatic heterocycles. The molecule has 4 aliphatic rings. The molecule has 0 atom stereocenters. The zero-order valence-electron chi connectivity index (χ0n) is 32.2. The van der Waals surface area contributed by atoms with Gasteiger partial charge in [0.15, 0.2) is 0 Å². The SMILES string of the molecule is CC.CC.CC(C)OCCN1CCC(CN2CCN(C)CC2)CC1.CC(C)OCCN1CCN(C2CCN(C(C)C)CC2)CC1. The number of nitrogens with zero attached hydrogens (tertiary/aromatic N) is 6. The predicted molar refractivity (Wildman–Crippen MR) is 196 cm³/mol. The topological polar surface area (TPSA) is 37.9 Å². The summed E-state index contributed by atoms with van der Waals surface area (Å²) in [6.45, 7) is 41.4. The molecule has 4 rings (SSSR count). The molecule has 0 unspecified atom stereocenters. The quantitative estimate of drug-likeness (QED) is 0.284. The second-order valence-corrected chi connectivity index (χ2v) is 14.0. The third-order valence-electron chi connectivity index (χ3n) is 9.69. The van der Waals surface area contributed by atoms with E-state index in [1.165, 1.54) is 111 Å². The van der Waals surface area contributed by atoms with E-state index in [0.717, 1.165) is 38.3 Å². The van der Waals surface area contributed by atoms with Crippen LogP contribution in [0.25, 0.3) is 0 Å². The van der Waals surface area contributed by atoms with Gasteiger partial charge in [-0.1, -0.05) is 27.7 Å². The van der Waals surface area contributed by atoms with Gasteiger partial charge in [0.2, 0.25) is 0 Å². The lowest BCUT2D eigenvalue weighted by Crippen LogP contribution is -2.54. The van der Waals surface area contributed by atoms with Crippen molar-refractivity contribution < 1.29 is 9.47 Å². The molecule has 4 heterocycles. The van der Waals surface area contributed by atoms with E-state index in [1.54, 1.807) is 0 Å². The largest absolute Gasteiger partial charge is 0.377 e. The van der Waals surface area contributed by atoms with Gasteiger partial charge in [-0.05, 0) is 106 Å². The van der Waals surface area contributed by atoms with Gasteiger partial charge in [-0.15, -0.1) is 0 Å². The van der Waals surface area contributed by atoms with E-state index in [4.69, 9.17) is 9.47 Å². The van der Waals surface area contributed by atoms with Crippen molar-refractivity contribution >= 4 is 0 Å². The van der Waals surface area contributed by atoms with Gasteiger partial charge in [0.1, 0.15) is 0 Å². The van der Waals surface area contributed by atoms with Crippen LogP contribution in [0, 0.1) is 5.92 Å². The van der Waals surface area contributed by atoms with Crippen molar-refractivity contribution in [1.29, 1.82) is 0 Å². The highest BCUT2D eigenvalue weighted by atomic mass is 16.5. The van der Waals surface area contributed by atoms with Crippen molar-refractivity contribution in [2.45, 2.75) is 119 Å². The van der Waals surface area contributed by atoms with Crippen molar-refractivity contribution in [3.05, 3.63) is 0 Å². The number of ether oxygens (including phenoxy) is 2. The Kier molecular flexibility index (Phi) is 24.4. The molecule has 0 aromatic heterocycles. The Morgan fingerprint density at radius 1 is 0.533 bits per heavy atom. The maximum Gasteiger partial charge on any atom is 0.0596 e. The van der Waals surface area contributed by atoms with E-state index in [-0.39, 0.29) is 0 Å². The van der Waals surface area contributed by atoms with Crippen LogP contribution in [0.1, 0.15) is 94.9 Å². The van der Waals surface area contributed by atoms with Crippen molar-refractivity contribution in [2.75, 3.05) is 118 Å². The summed E-state index contributed by atoms with van der Waals surface area (Å²) in [6, 6.07) is 1.54. The lowest BCUT2D eigenvalue weighted by Gasteiger charge is -2.43. The fourth-order valence-corrected chi connectivity index (χ4v) is 6.74. The molecule has 270 valence electrons. The van der Waals surface area contributed by atoms with E-state index < -0.39 is 0 Å². The van der Waals surface area contributed by atoms with E-state index >= 15 is 0 Å². The molecule has 0 bridgehead atoms. The lowest BCUT2D eigenvalue weighted by molar-refractivity contribution is 0.0253. The van der Waals surface area contributed by atoms with Gasteiger partial charge in [0.25, 0.3) is 0 Å². The highest BCUT2D eigenvalue weighted by Gasteiger charge is 2.28. The fraction of sp³-hybridized carbons (Fsp3) is 1.00. The Morgan fingerprint density at radius 3 is 1.42 bits per heavy atom. The monoisotopic (exact) mass is 641 g/mol. The maximum atomic E-state index is 5.66. The van der Waals surface area contributed by atoms with Crippen molar-refractivity contribution in [1.82, 2.24) is 29.4 Å². The summed E-state index contributed by atoms with van der Waals surface area (Å²) in [6.07, 6.45) is 6.17. The van der Waals surface area contributed by atoms with Crippen LogP contribution in [0.3, 0.4) is 0 Å². The molecular formula is C37H80N6O2. The molecule has 0 N–H and O–H groups in total. The molecule has 45 heavy (non-hydrogen) atoms. The average Bonchev–Trinajstić information content (AvgIpc) is 3.05.